The minimum absolute atomic E-state index is 0.0848. The van der Waals surface area contributed by atoms with Crippen molar-refractivity contribution in [1.82, 2.24) is 9.80 Å². The van der Waals surface area contributed by atoms with Crippen molar-refractivity contribution in [3.8, 4) is 11.5 Å². The minimum Gasteiger partial charge on any atom is -0.493 e. The van der Waals surface area contributed by atoms with Crippen LogP contribution < -0.4 is 14.8 Å². The van der Waals surface area contributed by atoms with Gasteiger partial charge in [0.2, 0.25) is 5.91 Å². The molecule has 1 N–H and O–H groups in total. The summed E-state index contributed by atoms with van der Waals surface area (Å²) in [6, 6.07) is 3.34. The second kappa shape index (κ2) is 9.93. The Morgan fingerprint density at radius 2 is 2.00 bits per heavy atom. The number of hydrogen-bond donors (Lipinski definition) is 1. The normalized spacial score (nSPS) is 20.2. The summed E-state index contributed by atoms with van der Waals surface area (Å²) in [7, 11) is 5.10. The predicted octanol–water partition coefficient (Wildman–Crippen LogP) is 1.85. The van der Waals surface area contributed by atoms with Crippen molar-refractivity contribution >= 4 is 17.5 Å². The van der Waals surface area contributed by atoms with Gasteiger partial charge in [0.25, 0.3) is 5.91 Å². The smallest absolute Gasteiger partial charge is 0.254 e. The quantitative estimate of drug-likeness (QED) is 0.778. The fourth-order valence-electron chi connectivity index (χ4n) is 3.97. The van der Waals surface area contributed by atoms with Crippen LogP contribution in [0.2, 0.25) is 0 Å². The molecule has 2 aliphatic rings. The summed E-state index contributed by atoms with van der Waals surface area (Å²) >= 11 is 0. The molecule has 2 heterocycles. The van der Waals surface area contributed by atoms with Crippen molar-refractivity contribution in [2.45, 2.75) is 19.3 Å². The van der Waals surface area contributed by atoms with Crippen LogP contribution >= 0.6 is 0 Å². The molecule has 0 aliphatic carbocycles. The minimum atomic E-state index is -0.107. The summed E-state index contributed by atoms with van der Waals surface area (Å²) in [5.74, 6) is 0.984. The first-order valence-corrected chi connectivity index (χ1v) is 10.1. The number of anilines is 1. The molecule has 0 aromatic heterocycles. The molecule has 0 spiro atoms. The van der Waals surface area contributed by atoms with E-state index in [9.17, 15) is 9.59 Å². The van der Waals surface area contributed by atoms with E-state index in [2.05, 4.69) is 17.3 Å². The molecule has 0 radical (unpaired) electrons. The first kappa shape index (κ1) is 21.4. The van der Waals surface area contributed by atoms with E-state index in [0.29, 0.717) is 61.4 Å². The summed E-state index contributed by atoms with van der Waals surface area (Å²) in [5, 5.41) is 2.93. The molecule has 0 bridgehead atoms. The standard InChI is InChI=1S/C21H31N3O5/c1-23-7-5-15(14-23)11-19(25)22-17-12-16(13-18(27-2)20(17)28-3)21(26)24-6-4-9-29-10-8-24/h12-13,15H,4-11,14H2,1-3H3,(H,22,25). The highest BCUT2D eigenvalue weighted by molar-refractivity contribution is 5.99. The Kier molecular flexibility index (Phi) is 7.33. The molecule has 1 unspecified atom stereocenters. The van der Waals surface area contributed by atoms with Crippen molar-refractivity contribution in [2.24, 2.45) is 5.92 Å². The van der Waals surface area contributed by atoms with Crippen molar-refractivity contribution < 1.29 is 23.8 Å². The number of hydrogen-bond acceptors (Lipinski definition) is 6. The van der Waals surface area contributed by atoms with Gasteiger partial charge in [-0.05, 0) is 44.5 Å². The van der Waals surface area contributed by atoms with Gasteiger partial charge in [-0.3, -0.25) is 9.59 Å². The van der Waals surface area contributed by atoms with E-state index in [1.165, 1.54) is 14.2 Å². The van der Waals surface area contributed by atoms with Gasteiger partial charge in [0, 0.05) is 38.2 Å². The molecule has 1 aromatic carbocycles. The summed E-state index contributed by atoms with van der Waals surface area (Å²) in [5.41, 5.74) is 0.915. The molecule has 160 valence electrons. The van der Waals surface area contributed by atoms with E-state index in [1.807, 2.05) is 0 Å². The lowest BCUT2D eigenvalue weighted by Gasteiger charge is -2.22. The highest BCUT2D eigenvalue weighted by Crippen LogP contribution is 2.37. The van der Waals surface area contributed by atoms with Crippen LogP contribution in [0.15, 0.2) is 12.1 Å². The fourth-order valence-corrected chi connectivity index (χ4v) is 3.97. The number of likely N-dealkylation sites (tertiary alicyclic amines) is 1. The summed E-state index contributed by atoms with van der Waals surface area (Å²) < 4.78 is 16.3. The zero-order valence-corrected chi connectivity index (χ0v) is 17.5. The number of nitrogens with zero attached hydrogens (tertiary/aromatic N) is 2. The lowest BCUT2D eigenvalue weighted by molar-refractivity contribution is -0.117. The van der Waals surface area contributed by atoms with Gasteiger partial charge < -0.3 is 29.3 Å². The molecule has 0 saturated carbocycles. The van der Waals surface area contributed by atoms with Crippen LogP contribution in [0.1, 0.15) is 29.6 Å². The monoisotopic (exact) mass is 405 g/mol. The molecule has 8 heteroatoms. The maximum atomic E-state index is 13.0. The van der Waals surface area contributed by atoms with E-state index < -0.39 is 0 Å². The van der Waals surface area contributed by atoms with E-state index >= 15 is 0 Å². The SMILES string of the molecule is COc1cc(C(=O)N2CCCOCC2)cc(NC(=O)CC2CCN(C)C2)c1OC. The van der Waals surface area contributed by atoms with Gasteiger partial charge in [0.1, 0.15) is 0 Å². The molecule has 8 nitrogen and oxygen atoms in total. The Morgan fingerprint density at radius 3 is 2.69 bits per heavy atom. The third kappa shape index (κ3) is 5.39. The third-order valence-corrected chi connectivity index (χ3v) is 5.47. The molecule has 29 heavy (non-hydrogen) atoms. The Morgan fingerprint density at radius 1 is 1.17 bits per heavy atom. The molecule has 1 aromatic rings. The van der Waals surface area contributed by atoms with Crippen molar-refractivity contribution in [2.75, 3.05) is 66.0 Å². The Bertz CT molecular complexity index is 731. The van der Waals surface area contributed by atoms with E-state index in [1.54, 1.807) is 17.0 Å². The first-order chi connectivity index (χ1) is 14.0. The number of methoxy groups -OCH3 is 2. The number of amides is 2. The van der Waals surface area contributed by atoms with Gasteiger partial charge in [0.15, 0.2) is 11.5 Å². The lowest BCUT2D eigenvalue weighted by Crippen LogP contribution is -2.33. The maximum absolute atomic E-state index is 13.0. The highest BCUT2D eigenvalue weighted by atomic mass is 16.5. The summed E-state index contributed by atoms with van der Waals surface area (Å²) in [6.07, 6.45) is 2.26. The van der Waals surface area contributed by atoms with Crippen molar-refractivity contribution in [3.05, 3.63) is 17.7 Å². The number of benzene rings is 1. The average Bonchev–Trinajstić information content (AvgIpc) is 2.95. The van der Waals surface area contributed by atoms with Crippen molar-refractivity contribution in [3.63, 3.8) is 0 Å². The predicted molar refractivity (Wildman–Crippen MR) is 110 cm³/mol. The Balaban J connectivity index is 1.80. The van der Waals surface area contributed by atoms with Crippen LogP contribution in [0, 0.1) is 5.92 Å². The fraction of sp³-hybridized carbons (Fsp3) is 0.619. The Hall–Kier alpha value is -2.32. The molecule has 2 fully saturated rings. The Labute approximate surface area is 172 Å². The first-order valence-electron chi connectivity index (χ1n) is 10.1. The number of carbonyl (C=O) groups is 2. The van der Waals surface area contributed by atoms with Crippen LogP contribution in [0.25, 0.3) is 0 Å². The van der Waals surface area contributed by atoms with Gasteiger partial charge in [-0.1, -0.05) is 0 Å². The average molecular weight is 405 g/mol. The molecule has 2 saturated heterocycles. The molecule has 2 aliphatic heterocycles. The van der Waals surface area contributed by atoms with Crippen LogP contribution in [0.5, 0.6) is 11.5 Å². The molecule has 2 amide bonds. The molecular weight excluding hydrogens is 374 g/mol. The van der Waals surface area contributed by atoms with Crippen LogP contribution in [-0.2, 0) is 9.53 Å². The van der Waals surface area contributed by atoms with Gasteiger partial charge in [-0.2, -0.15) is 0 Å². The van der Waals surface area contributed by atoms with Gasteiger partial charge >= 0.3 is 0 Å². The number of ether oxygens (including phenoxy) is 3. The topological polar surface area (TPSA) is 80.3 Å². The zero-order valence-electron chi connectivity index (χ0n) is 17.5. The van der Waals surface area contributed by atoms with E-state index in [0.717, 1.165) is 25.9 Å². The second-order valence-corrected chi connectivity index (χ2v) is 7.69. The van der Waals surface area contributed by atoms with Crippen LogP contribution in [0.4, 0.5) is 5.69 Å². The van der Waals surface area contributed by atoms with Gasteiger partial charge in [-0.25, -0.2) is 0 Å². The van der Waals surface area contributed by atoms with Crippen LogP contribution in [0.3, 0.4) is 0 Å². The van der Waals surface area contributed by atoms with Crippen LogP contribution in [-0.4, -0.2) is 82.3 Å². The maximum Gasteiger partial charge on any atom is 0.254 e. The third-order valence-electron chi connectivity index (χ3n) is 5.47. The van der Waals surface area contributed by atoms with Gasteiger partial charge in [0.05, 0.1) is 26.5 Å². The van der Waals surface area contributed by atoms with Crippen molar-refractivity contribution in [1.29, 1.82) is 0 Å². The molecule has 1 atom stereocenters. The highest BCUT2D eigenvalue weighted by Gasteiger charge is 2.25. The largest absolute Gasteiger partial charge is 0.493 e. The summed E-state index contributed by atoms with van der Waals surface area (Å²) in [4.78, 5) is 29.7. The van der Waals surface area contributed by atoms with E-state index in [-0.39, 0.29) is 11.8 Å². The second-order valence-electron chi connectivity index (χ2n) is 7.69. The lowest BCUT2D eigenvalue weighted by atomic mass is 10.0. The zero-order chi connectivity index (χ0) is 20.8. The number of carbonyl (C=O) groups excluding carboxylic acids is 2. The number of rotatable bonds is 6. The van der Waals surface area contributed by atoms with E-state index in [4.69, 9.17) is 14.2 Å². The molecule has 3 rings (SSSR count). The molecular formula is C21H31N3O5. The number of nitrogens with one attached hydrogen (secondary N) is 1. The summed E-state index contributed by atoms with van der Waals surface area (Å²) in [6.45, 7) is 4.31. The van der Waals surface area contributed by atoms with Gasteiger partial charge in [-0.15, -0.1) is 0 Å².